The molecule has 0 atom stereocenters. The van der Waals surface area contributed by atoms with Gasteiger partial charge in [0.1, 0.15) is 11.6 Å². The molecule has 2 aromatic carbocycles. The molecule has 0 saturated carbocycles. The van der Waals surface area contributed by atoms with Crippen molar-refractivity contribution < 1.29 is 18.7 Å². The van der Waals surface area contributed by atoms with E-state index in [1.54, 1.807) is 23.1 Å². The zero-order valence-electron chi connectivity index (χ0n) is 15.7. The summed E-state index contributed by atoms with van der Waals surface area (Å²) >= 11 is 0. The summed E-state index contributed by atoms with van der Waals surface area (Å²) in [7, 11) is 0. The zero-order valence-corrected chi connectivity index (χ0v) is 15.7. The number of rotatable bonds is 9. The first kappa shape index (κ1) is 20.4. The van der Waals surface area contributed by atoms with Gasteiger partial charge in [0, 0.05) is 26.6 Å². The molecule has 144 valence electrons. The third-order valence-electron chi connectivity index (χ3n) is 4.15. The summed E-state index contributed by atoms with van der Waals surface area (Å²) in [6.07, 6.45) is 0.427. The topological polar surface area (TPSA) is 58.6 Å². The van der Waals surface area contributed by atoms with Crippen LogP contribution in [0.2, 0.25) is 0 Å². The van der Waals surface area contributed by atoms with Gasteiger partial charge in [0.05, 0.1) is 0 Å². The second kappa shape index (κ2) is 10.3. The van der Waals surface area contributed by atoms with E-state index in [0.29, 0.717) is 37.4 Å². The number of aryl methyl sites for hydroxylation is 1. The van der Waals surface area contributed by atoms with Gasteiger partial charge in [0.2, 0.25) is 5.91 Å². The number of amides is 2. The van der Waals surface area contributed by atoms with Gasteiger partial charge in [-0.1, -0.05) is 35.9 Å². The van der Waals surface area contributed by atoms with Gasteiger partial charge >= 0.3 is 0 Å². The fourth-order valence-electron chi connectivity index (χ4n) is 2.55. The standard InChI is InChI=1S/C21H25FN2O3/c1-16-7-9-19(10-8-16)27-15-21(26)23-12-14-24(17(2)25)13-11-18-5-3-4-6-20(18)22/h3-10H,11-15H2,1-2H3,(H,23,26). The molecular formula is C21H25FN2O3. The first-order valence-electron chi connectivity index (χ1n) is 8.91. The van der Waals surface area contributed by atoms with Crippen LogP contribution < -0.4 is 10.1 Å². The molecule has 0 unspecified atom stereocenters. The first-order valence-corrected chi connectivity index (χ1v) is 8.91. The molecule has 0 radical (unpaired) electrons. The quantitative estimate of drug-likeness (QED) is 0.736. The first-order chi connectivity index (χ1) is 13.0. The average Bonchev–Trinajstić information content (AvgIpc) is 2.65. The number of nitrogens with one attached hydrogen (secondary N) is 1. The minimum atomic E-state index is -0.275. The van der Waals surface area contributed by atoms with E-state index in [1.165, 1.54) is 13.0 Å². The molecule has 0 saturated heterocycles. The van der Waals surface area contributed by atoms with Gasteiger partial charge in [-0.05, 0) is 37.1 Å². The molecule has 0 bridgehead atoms. The Labute approximate surface area is 159 Å². The number of nitrogens with zero attached hydrogens (tertiary/aromatic N) is 1. The SMILES string of the molecule is CC(=O)N(CCNC(=O)COc1ccc(C)cc1)CCc1ccccc1F. The highest BCUT2D eigenvalue weighted by Crippen LogP contribution is 2.11. The minimum Gasteiger partial charge on any atom is -0.484 e. The molecule has 0 aromatic heterocycles. The van der Waals surface area contributed by atoms with E-state index < -0.39 is 0 Å². The lowest BCUT2D eigenvalue weighted by atomic mass is 10.1. The number of carbonyl (C=O) groups is 2. The highest BCUT2D eigenvalue weighted by molar-refractivity contribution is 5.77. The van der Waals surface area contributed by atoms with Crippen molar-refractivity contribution in [1.29, 1.82) is 0 Å². The molecule has 1 N–H and O–H groups in total. The van der Waals surface area contributed by atoms with E-state index in [2.05, 4.69) is 5.32 Å². The van der Waals surface area contributed by atoms with Gasteiger partial charge in [0.25, 0.3) is 5.91 Å². The van der Waals surface area contributed by atoms with Crippen LogP contribution in [-0.2, 0) is 16.0 Å². The van der Waals surface area contributed by atoms with Crippen LogP contribution in [0, 0.1) is 12.7 Å². The fraction of sp³-hybridized carbons (Fsp3) is 0.333. The summed E-state index contributed by atoms with van der Waals surface area (Å²) < 4.78 is 19.1. The molecule has 2 amide bonds. The predicted molar refractivity (Wildman–Crippen MR) is 102 cm³/mol. The molecule has 0 aliphatic heterocycles. The number of hydrogen-bond acceptors (Lipinski definition) is 3. The highest BCUT2D eigenvalue weighted by Gasteiger charge is 2.11. The molecule has 0 aliphatic carbocycles. The maximum atomic E-state index is 13.7. The van der Waals surface area contributed by atoms with Gasteiger partial charge in [0.15, 0.2) is 6.61 Å². The van der Waals surface area contributed by atoms with Crippen LogP contribution in [0.25, 0.3) is 0 Å². The Hall–Kier alpha value is -2.89. The third kappa shape index (κ3) is 7.09. The molecule has 0 spiro atoms. The lowest BCUT2D eigenvalue weighted by Gasteiger charge is -2.21. The van der Waals surface area contributed by atoms with Crippen LogP contribution in [0.4, 0.5) is 4.39 Å². The van der Waals surface area contributed by atoms with Crippen LogP contribution in [0.15, 0.2) is 48.5 Å². The molecule has 0 fully saturated rings. The number of carbonyl (C=O) groups excluding carboxylic acids is 2. The van der Waals surface area contributed by atoms with Crippen molar-refractivity contribution in [1.82, 2.24) is 10.2 Å². The van der Waals surface area contributed by atoms with E-state index in [4.69, 9.17) is 4.74 Å². The van der Waals surface area contributed by atoms with Crippen LogP contribution in [-0.4, -0.2) is 43.0 Å². The van der Waals surface area contributed by atoms with Gasteiger partial charge in [-0.3, -0.25) is 9.59 Å². The average molecular weight is 372 g/mol. The second-order valence-corrected chi connectivity index (χ2v) is 6.30. The van der Waals surface area contributed by atoms with Crippen LogP contribution in [0.1, 0.15) is 18.1 Å². The van der Waals surface area contributed by atoms with Crippen molar-refractivity contribution in [2.24, 2.45) is 0 Å². The maximum Gasteiger partial charge on any atom is 0.258 e. The summed E-state index contributed by atoms with van der Waals surface area (Å²) in [5.74, 6) is -0.0155. The molecule has 6 heteroatoms. The molecule has 0 aliphatic rings. The molecule has 5 nitrogen and oxygen atoms in total. The minimum absolute atomic E-state index is 0.0850. The van der Waals surface area contributed by atoms with Crippen molar-refractivity contribution >= 4 is 11.8 Å². The fourth-order valence-corrected chi connectivity index (χ4v) is 2.55. The van der Waals surface area contributed by atoms with Crippen molar-refractivity contribution in [3.05, 3.63) is 65.5 Å². The smallest absolute Gasteiger partial charge is 0.258 e. The maximum absolute atomic E-state index is 13.7. The molecule has 27 heavy (non-hydrogen) atoms. The molecular weight excluding hydrogens is 347 g/mol. The zero-order chi connectivity index (χ0) is 19.6. The van der Waals surface area contributed by atoms with Crippen molar-refractivity contribution in [2.75, 3.05) is 26.2 Å². The largest absolute Gasteiger partial charge is 0.484 e. The van der Waals surface area contributed by atoms with E-state index in [0.717, 1.165) is 5.56 Å². The lowest BCUT2D eigenvalue weighted by Crippen LogP contribution is -2.39. The Morgan fingerprint density at radius 1 is 1.07 bits per heavy atom. The van der Waals surface area contributed by atoms with E-state index in [-0.39, 0.29) is 24.2 Å². The van der Waals surface area contributed by atoms with Gasteiger partial charge in [-0.2, -0.15) is 0 Å². The highest BCUT2D eigenvalue weighted by atomic mass is 19.1. The summed E-state index contributed by atoms with van der Waals surface area (Å²) in [5.41, 5.74) is 1.69. The Morgan fingerprint density at radius 2 is 1.78 bits per heavy atom. The Balaban J connectivity index is 1.72. The summed E-state index contributed by atoms with van der Waals surface area (Å²) in [5, 5.41) is 2.73. The molecule has 0 heterocycles. The monoisotopic (exact) mass is 372 g/mol. The Morgan fingerprint density at radius 3 is 2.44 bits per heavy atom. The predicted octanol–water partition coefficient (Wildman–Crippen LogP) is 2.72. The number of halogens is 1. The normalized spacial score (nSPS) is 10.3. The van der Waals surface area contributed by atoms with E-state index >= 15 is 0 Å². The Bertz CT molecular complexity index is 762. The number of benzene rings is 2. The third-order valence-corrected chi connectivity index (χ3v) is 4.15. The van der Waals surface area contributed by atoms with Crippen molar-refractivity contribution in [2.45, 2.75) is 20.3 Å². The van der Waals surface area contributed by atoms with E-state index in [9.17, 15) is 14.0 Å². The van der Waals surface area contributed by atoms with Crippen molar-refractivity contribution in [3.63, 3.8) is 0 Å². The second-order valence-electron chi connectivity index (χ2n) is 6.30. The summed E-state index contributed by atoms with van der Waals surface area (Å²) in [6, 6.07) is 14.0. The van der Waals surface area contributed by atoms with Crippen molar-refractivity contribution in [3.8, 4) is 5.75 Å². The van der Waals surface area contributed by atoms with E-state index in [1.807, 2.05) is 31.2 Å². The van der Waals surface area contributed by atoms with Crippen LogP contribution >= 0.6 is 0 Å². The summed E-state index contributed by atoms with van der Waals surface area (Å²) in [6.45, 7) is 4.42. The molecule has 2 rings (SSSR count). The summed E-state index contributed by atoms with van der Waals surface area (Å²) in [4.78, 5) is 25.2. The van der Waals surface area contributed by atoms with Gasteiger partial charge in [-0.25, -0.2) is 4.39 Å². The van der Waals surface area contributed by atoms with Gasteiger partial charge < -0.3 is 15.0 Å². The van der Waals surface area contributed by atoms with Crippen LogP contribution in [0.5, 0.6) is 5.75 Å². The number of ether oxygens (including phenoxy) is 1. The van der Waals surface area contributed by atoms with Crippen LogP contribution in [0.3, 0.4) is 0 Å². The number of hydrogen-bond donors (Lipinski definition) is 1. The molecule has 2 aromatic rings. The Kier molecular flexibility index (Phi) is 7.79. The van der Waals surface area contributed by atoms with Gasteiger partial charge in [-0.15, -0.1) is 0 Å². The lowest BCUT2D eigenvalue weighted by molar-refractivity contribution is -0.129.